The van der Waals surface area contributed by atoms with Crippen molar-refractivity contribution in [3.63, 3.8) is 0 Å². The standard InChI is InChI=1S/C20H31N/c1-15-4-8-19(9-5-15)16(2)12-13-21(14-18-6-7-18)17(3)20-10-11-20/h4,12,18-20H,3,5-11,13-14H2,1-2H3/b16-12+. The molecular formula is C20H31N. The van der Waals surface area contributed by atoms with Crippen molar-refractivity contribution >= 4 is 0 Å². The molecule has 0 aromatic carbocycles. The van der Waals surface area contributed by atoms with E-state index >= 15 is 0 Å². The highest BCUT2D eigenvalue weighted by molar-refractivity contribution is 5.15. The Morgan fingerprint density at radius 1 is 1.24 bits per heavy atom. The average molecular weight is 285 g/mol. The summed E-state index contributed by atoms with van der Waals surface area (Å²) in [5, 5.41) is 0. The molecule has 0 amide bonds. The van der Waals surface area contributed by atoms with Crippen LogP contribution >= 0.6 is 0 Å². The van der Waals surface area contributed by atoms with Crippen LogP contribution in [-0.4, -0.2) is 18.0 Å². The first-order valence-electron chi connectivity index (χ1n) is 8.89. The fourth-order valence-electron chi connectivity index (χ4n) is 3.40. The van der Waals surface area contributed by atoms with Crippen LogP contribution in [0.3, 0.4) is 0 Å². The summed E-state index contributed by atoms with van der Waals surface area (Å²) in [4.78, 5) is 2.59. The van der Waals surface area contributed by atoms with Gasteiger partial charge in [-0.2, -0.15) is 0 Å². The van der Waals surface area contributed by atoms with Gasteiger partial charge in [0.25, 0.3) is 0 Å². The molecule has 0 bridgehead atoms. The summed E-state index contributed by atoms with van der Waals surface area (Å²) in [6.45, 7) is 11.3. The number of hydrogen-bond acceptors (Lipinski definition) is 1. The molecule has 1 unspecified atom stereocenters. The minimum Gasteiger partial charge on any atom is -0.371 e. The van der Waals surface area contributed by atoms with E-state index < -0.39 is 0 Å². The Morgan fingerprint density at radius 2 is 2.00 bits per heavy atom. The molecule has 1 nitrogen and oxygen atoms in total. The Labute approximate surface area is 130 Å². The summed E-state index contributed by atoms with van der Waals surface area (Å²) in [6.07, 6.45) is 14.4. The summed E-state index contributed by atoms with van der Waals surface area (Å²) in [5.41, 5.74) is 4.60. The van der Waals surface area contributed by atoms with Gasteiger partial charge < -0.3 is 4.90 Å². The molecule has 3 aliphatic rings. The fraction of sp³-hybridized carbons (Fsp3) is 0.700. The zero-order valence-corrected chi connectivity index (χ0v) is 13.9. The molecule has 2 saturated carbocycles. The maximum atomic E-state index is 4.39. The van der Waals surface area contributed by atoms with Crippen LogP contribution in [0.5, 0.6) is 0 Å². The van der Waals surface area contributed by atoms with Crippen LogP contribution in [0, 0.1) is 17.8 Å². The SMILES string of the molecule is C=C(C1CC1)N(C/C=C(\C)C1CC=C(C)CC1)CC1CC1. The Morgan fingerprint density at radius 3 is 2.57 bits per heavy atom. The molecule has 0 radical (unpaired) electrons. The minimum absolute atomic E-state index is 0.783. The lowest BCUT2D eigenvalue weighted by Gasteiger charge is -2.27. The third-order valence-electron chi connectivity index (χ3n) is 5.55. The molecule has 0 aromatic heterocycles. The number of rotatable bonds is 7. The van der Waals surface area contributed by atoms with Crippen molar-refractivity contribution in [1.29, 1.82) is 0 Å². The van der Waals surface area contributed by atoms with Crippen molar-refractivity contribution in [2.24, 2.45) is 17.8 Å². The maximum absolute atomic E-state index is 4.39. The molecule has 0 spiro atoms. The monoisotopic (exact) mass is 285 g/mol. The lowest BCUT2D eigenvalue weighted by molar-refractivity contribution is 0.344. The van der Waals surface area contributed by atoms with E-state index in [0.717, 1.165) is 24.3 Å². The van der Waals surface area contributed by atoms with Crippen LogP contribution in [0.1, 0.15) is 58.8 Å². The van der Waals surface area contributed by atoms with Gasteiger partial charge in [-0.3, -0.25) is 0 Å². The summed E-state index contributed by atoms with van der Waals surface area (Å²) in [5.74, 6) is 2.54. The molecule has 0 aliphatic heterocycles. The van der Waals surface area contributed by atoms with Crippen molar-refractivity contribution in [3.05, 3.63) is 35.6 Å². The molecule has 0 N–H and O–H groups in total. The summed E-state index contributed by atoms with van der Waals surface area (Å²) >= 11 is 0. The first-order valence-corrected chi connectivity index (χ1v) is 8.89. The second-order valence-electron chi connectivity index (χ2n) is 7.58. The molecule has 0 saturated heterocycles. The van der Waals surface area contributed by atoms with E-state index in [9.17, 15) is 0 Å². The van der Waals surface area contributed by atoms with Crippen LogP contribution in [0.15, 0.2) is 35.6 Å². The quantitative estimate of drug-likeness (QED) is 0.573. The predicted molar refractivity (Wildman–Crippen MR) is 91.0 cm³/mol. The van der Waals surface area contributed by atoms with Crippen molar-refractivity contribution in [1.82, 2.24) is 4.90 Å². The van der Waals surface area contributed by atoms with E-state index in [1.165, 1.54) is 57.2 Å². The number of allylic oxidation sites excluding steroid dienone is 4. The zero-order valence-electron chi connectivity index (χ0n) is 13.9. The van der Waals surface area contributed by atoms with Crippen molar-refractivity contribution in [2.75, 3.05) is 13.1 Å². The minimum atomic E-state index is 0.783. The lowest BCUT2D eigenvalue weighted by atomic mass is 9.85. The molecule has 1 atom stereocenters. The van der Waals surface area contributed by atoms with E-state index in [4.69, 9.17) is 0 Å². The van der Waals surface area contributed by atoms with Gasteiger partial charge in [-0.25, -0.2) is 0 Å². The van der Waals surface area contributed by atoms with Crippen molar-refractivity contribution in [2.45, 2.75) is 58.8 Å². The number of hydrogen-bond donors (Lipinski definition) is 0. The van der Waals surface area contributed by atoms with Crippen molar-refractivity contribution < 1.29 is 0 Å². The van der Waals surface area contributed by atoms with Gasteiger partial charge in [-0.05, 0) is 76.5 Å². The van der Waals surface area contributed by atoms with Crippen LogP contribution in [-0.2, 0) is 0 Å². The van der Waals surface area contributed by atoms with Crippen LogP contribution in [0.25, 0.3) is 0 Å². The first-order chi connectivity index (χ1) is 10.1. The Balaban J connectivity index is 1.56. The topological polar surface area (TPSA) is 3.24 Å². The normalized spacial score (nSPS) is 26.5. The third-order valence-corrected chi connectivity index (χ3v) is 5.55. The number of nitrogens with zero attached hydrogens (tertiary/aromatic N) is 1. The smallest absolute Gasteiger partial charge is 0.0359 e. The van der Waals surface area contributed by atoms with Gasteiger partial charge in [0, 0.05) is 18.8 Å². The highest BCUT2D eigenvalue weighted by Gasteiger charge is 2.31. The Hall–Kier alpha value is -0.980. The van der Waals surface area contributed by atoms with Crippen molar-refractivity contribution in [3.8, 4) is 0 Å². The molecule has 3 aliphatic carbocycles. The molecule has 1 heteroatoms. The summed E-state index contributed by atoms with van der Waals surface area (Å²) in [7, 11) is 0. The molecule has 116 valence electrons. The van der Waals surface area contributed by atoms with Gasteiger partial charge in [0.15, 0.2) is 0 Å². The van der Waals surface area contributed by atoms with Gasteiger partial charge in [0.1, 0.15) is 0 Å². The summed E-state index contributed by atoms with van der Waals surface area (Å²) in [6, 6.07) is 0. The van der Waals surface area contributed by atoms with Crippen LogP contribution in [0.2, 0.25) is 0 Å². The fourth-order valence-corrected chi connectivity index (χ4v) is 3.40. The van der Waals surface area contributed by atoms with Gasteiger partial charge in [-0.15, -0.1) is 0 Å². The zero-order chi connectivity index (χ0) is 14.8. The second-order valence-corrected chi connectivity index (χ2v) is 7.58. The van der Waals surface area contributed by atoms with E-state index in [1.54, 1.807) is 11.1 Å². The third kappa shape index (κ3) is 4.25. The molecular weight excluding hydrogens is 254 g/mol. The van der Waals surface area contributed by atoms with E-state index in [2.05, 4.69) is 37.5 Å². The second kappa shape index (κ2) is 6.42. The van der Waals surface area contributed by atoms with E-state index in [-0.39, 0.29) is 0 Å². The van der Waals surface area contributed by atoms with Crippen LogP contribution < -0.4 is 0 Å². The summed E-state index contributed by atoms with van der Waals surface area (Å²) < 4.78 is 0. The molecule has 3 rings (SSSR count). The Bertz CT molecular complexity index is 448. The largest absolute Gasteiger partial charge is 0.371 e. The van der Waals surface area contributed by atoms with E-state index in [1.807, 2.05) is 0 Å². The van der Waals surface area contributed by atoms with E-state index in [0.29, 0.717) is 0 Å². The molecule has 0 heterocycles. The molecule has 0 aromatic rings. The Kier molecular flexibility index (Phi) is 4.57. The average Bonchev–Trinajstić information content (AvgIpc) is 3.37. The van der Waals surface area contributed by atoms with Gasteiger partial charge in [0.05, 0.1) is 0 Å². The van der Waals surface area contributed by atoms with Gasteiger partial charge in [0.2, 0.25) is 0 Å². The van der Waals surface area contributed by atoms with Gasteiger partial charge in [-0.1, -0.05) is 29.9 Å². The highest BCUT2D eigenvalue weighted by atomic mass is 15.1. The molecule has 2 fully saturated rings. The highest BCUT2D eigenvalue weighted by Crippen LogP contribution is 2.39. The maximum Gasteiger partial charge on any atom is 0.0359 e. The molecule has 21 heavy (non-hydrogen) atoms. The lowest BCUT2D eigenvalue weighted by Crippen LogP contribution is -2.26. The first kappa shape index (κ1) is 14.9. The predicted octanol–water partition coefficient (Wildman–Crippen LogP) is 5.31. The van der Waals surface area contributed by atoms with Gasteiger partial charge >= 0.3 is 0 Å². The van der Waals surface area contributed by atoms with Crippen LogP contribution in [0.4, 0.5) is 0 Å².